The van der Waals surface area contributed by atoms with Gasteiger partial charge in [0.05, 0.1) is 10.8 Å². The largest absolute Gasteiger partial charge is 0.360 e. The second-order valence-corrected chi connectivity index (χ2v) is 11.4. The van der Waals surface area contributed by atoms with Crippen LogP contribution in [0.4, 0.5) is 5.00 Å². The average Bonchev–Trinajstić information content (AvgIpc) is 3.15. The van der Waals surface area contributed by atoms with E-state index in [0.717, 1.165) is 65.1 Å². The van der Waals surface area contributed by atoms with E-state index >= 15 is 0 Å². The Morgan fingerprint density at radius 3 is 2.85 bits per heavy atom. The highest BCUT2D eigenvalue weighted by Crippen LogP contribution is 2.43. The summed E-state index contributed by atoms with van der Waals surface area (Å²) in [4.78, 5) is 30.0. The quantitative estimate of drug-likeness (QED) is 0.258. The van der Waals surface area contributed by atoms with Gasteiger partial charge >= 0.3 is 0 Å². The first-order valence-corrected chi connectivity index (χ1v) is 13.3. The van der Waals surface area contributed by atoms with Gasteiger partial charge in [0.1, 0.15) is 5.00 Å². The van der Waals surface area contributed by atoms with E-state index in [1.807, 2.05) is 25.3 Å². The van der Waals surface area contributed by atoms with Gasteiger partial charge in [-0.2, -0.15) is 0 Å². The molecule has 3 heterocycles. The number of thiophene rings is 1. The minimum Gasteiger partial charge on any atom is -0.360 e. The first kappa shape index (κ1) is 21.6. The zero-order valence-electron chi connectivity index (χ0n) is 19.1. The van der Waals surface area contributed by atoms with Gasteiger partial charge in [0.2, 0.25) is 5.91 Å². The van der Waals surface area contributed by atoms with Crippen molar-refractivity contribution < 1.29 is 9.59 Å². The summed E-state index contributed by atoms with van der Waals surface area (Å²) in [6.07, 6.45) is 7.15. The van der Waals surface area contributed by atoms with Crippen LogP contribution in [0, 0.1) is 0 Å². The van der Waals surface area contributed by atoms with Crippen molar-refractivity contribution in [1.29, 1.82) is 0 Å². The van der Waals surface area contributed by atoms with Crippen molar-refractivity contribution in [2.24, 2.45) is 0 Å². The van der Waals surface area contributed by atoms with Crippen LogP contribution in [-0.2, 0) is 17.6 Å². The number of H-pyrrole nitrogens is 1. The van der Waals surface area contributed by atoms with Crippen LogP contribution < -0.4 is 5.32 Å². The molecular formula is C25H25N5O2S2. The molecule has 3 aromatic heterocycles. The molecule has 0 saturated heterocycles. The van der Waals surface area contributed by atoms with Gasteiger partial charge in [0.15, 0.2) is 16.8 Å². The van der Waals surface area contributed by atoms with Gasteiger partial charge < -0.3 is 10.3 Å². The third-order valence-corrected chi connectivity index (χ3v) is 8.83. The molecule has 174 valence electrons. The number of aromatic amines is 1. The number of fused-ring (bicyclic) bond motifs is 2. The molecule has 2 aliphatic rings. The molecule has 0 bridgehead atoms. The number of hydrogen-bond acceptors (Lipinski definition) is 6. The van der Waals surface area contributed by atoms with Crippen molar-refractivity contribution in [3.05, 3.63) is 46.5 Å². The van der Waals surface area contributed by atoms with Gasteiger partial charge in [-0.05, 0) is 57.6 Å². The topological polar surface area (TPSA) is 92.7 Å². The van der Waals surface area contributed by atoms with Crippen LogP contribution in [0.1, 0.15) is 60.0 Å². The highest BCUT2D eigenvalue weighted by atomic mass is 32.2. The van der Waals surface area contributed by atoms with E-state index in [1.54, 1.807) is 18.3 Å². The minimum atomic E-state index is -0.380. The van der Waals surface area contributed by atoms with Crippen LogP contribution >= 0.6 is 23.1 Å². The SMILES string of the molecule is CC(=O)c1c(NC(=O)C(C)Sc2nnc(-c3c[nH]c4ccccc34)n2C2CC2)sc2c1CCC2. The Morgan fingerprint density at radius 2 is 2.06 bits per heavy atom. The lowest BCUT2D eigenvalue weighted by Gasteiger charge is -2.13. The zero-order valence-corrected chi connectivity index (χ0v) is 20.7. The zero-order chi connectivity index (χ0) is 23.4. The average molecular weight is 492 g/mol. The molecule has 6 rings (SSSR count). The fourth-order valence-electron chi connectivity index (χ4n) is 4.75. The van der Waals surface area contributed by atoms with Crippen molar-refractivity contribution in [3.63, 3.8) is 0 Å². The number of benzene rings is 1. The lowest BCUT2D eigenvalue weighted by molar-refractivity contribution is -0.115. The molecule has 1 amide bonds. The molecule has 1 atom stereocenters. The van der Waals surface area contributed by atoms with Crippen LogP contribution in [0.5, 0.6) is 0 Å². The molecule has 2 aliphatic carbocycles. The number of rotatable bonds is 7. The predicted molar refractivity (Wildman–Crippen MR) is 136 cm³/mol. The molecule has 1 unspecified atom stereocenters. The third-order valence-electron chi connectivity index (χ3n) is 6.57. The maximum atomic E-state index is 13.1. The molecule has 0 spiro atoms. The van der Waals surface area contributed by atoms with Gasteiger partial charge in [0, 0.05) is 33.6 Å². The van der Waals surface area contributed by atoms with E-state index in [4.69, 9.17) is 0 Å². The van der Waals surface area contributed by atoms with Gasteiger partial charge in [-0.15, -0.1) is 21.5 Å². The number of amides is 1. The Hall–Kier alpha value is -2.91. The highest BCUT2D eigenvalue weighted by molar-refractivity contribution is 8.00. The van der Waals surface area contributed by atoms with Gasteiger partial charge in [0.25, 0.3) is 0 Å². The smallest absolute Gasteiger partial charge is 0.238 e. The fourth-order valence-corrected chi connectivity index (χ4v) is 7.01. The molecule has 34 heavy (non-hydrogen) atoms. The summed E-state index contributed by atoms with van der Waals surface area (Å²) in [5.41, 5.74) is 3.92. The normalized spacial score (nSPS) is 16.1. The number of nitrogens with zero attached hydrogens (tertiary/aromatic N) is 3. The van der Waals surface area contributed by atoms with Crippen LogP contribution in [0.2, 0.25) is 0 Å². The van der Waals surface area contributed by atoms with E-state index in [9.17, 15) is 9.59 Å². The maximum absolute atomic E-state index is 13.1. The Bertz CT molecular complexity index is 1430. The third kappa shape index (κ3) is 3.67. The highest BCUT2D eigenvalue weighted by Gasteiger charge is 2.33. The molecule has 7 nitrogen and oxygen atoms in total. The summed E-state index contributed by atoms with van der Waals surface area (Å²) in [5.74, 6) is 0.738. The van der Waals surface area contributed by atoms with Crippen molar-refractivity contribution >= 4 is 50.7 Å². The van der Waals surface area contributed by atoms with Crippen LogP contribution in [0.25, 0.3) is 22.3 Å². The second-order valence-electron chi connectivity index (χ2n) is 9.02. The van der Waals surface area contributed by atoms with Crippen molar-refractivity contribution in [2.45, 2.75) is 62.4 Å². The van der Waals surface area contributed by atoms with Crippen molar-refractivity contribution in [1.82, 2.24) is 19.7 Å². The molecule has 4 aromatic rings. The van der Waals surface area contributed by atoms with Crippen LogP contribution in [0.15, 0.2) is 35.6 Å². The van der Waals surface area contributed by atoms with Gasteiger partial charge in [-0.1, -0.05) is 30.0 Å². The van der Waals surface area contributed by atoms with E-state index in [1.165, 1.54) is 16.6 Å². The molecular weight excluding hydrogens is 466 g/mol. The first-order valence-electron chi connectivity index (χ1n) is 11.7. The molecule has 2 N–H and O–H groups in total. The number of hydrogen-bond donors (Lipinski definition) is 2. The molecule has 0 aliphatic heterocycles. The minimum absolute atomic E-state index is 0.0202. The number of thioether (sulfide) groups is 1. The molecule has 1 saturated carbocycles. The van der Waals surface area contributed by atoms with Crippen molar-refractivity contribution in [3.8, 4) is 11.4 Å². The van der Waals surface area contributed by atoms with E-state index in [2.05, 4.69) is 37.2 Å². The van der Waals surface area contributed by atoms with Crippen LogP contribution in [0.3, 0.4) is 0 Å². The Labute approximate surface area is 205 Å². The molecule has 1 aromatic carbocycles. The summed E-state index contributed by atoms with van der Waals surface area (Å²) in [6, 6.07) is 8.53. The number of nitrogens with one attached hydrogen (secondary N) is 2. The van der Waals surface area contributed by atoms with E-state index in [0.29, 0.717) is 16.6 Å². The van der Waals surface area contributed by atoms with Crippen molar-refractivity contribution in [2.75, 3.05) is 5.32 Å². The number of carbonyl (C=O) groups is 2. The summed E-state index contributed by atoms with van der Waals surface area (Å²) in [6.45, 7) is 3.46. The summed E-state index contributed by atoms with van der Waals surface area (Å²) in [7, 11) is 0. The molecule has 1 fully saturated rings. The van der Waals surface area contributed by atoms with Gasteiger partial charge in [-0.3, -0.25) is 14.2 Å². The Morgan fingerprint density at radius 1 is 1.24 bits per heavy atom. The van der Waals surface area contributed by atoms with Crippen LogP contribution in [-0.4, -0.2) is 36.7 Å². The van der Waals surface area contributed by atoms with E-state index in [-0.39, 0.29) is 16.9 Å². The second kappa shape index (κ2) is 8.39. The Kier molecular flexibility index (Phi) is 5.33. The lowest BCUT2D eigenvalue weighted by Crippen LogP contribution is -2.23. The maximum Gasteiger partial charge on any atom is 0.238 e. The van der Waals surface area contributed by atoms with Gasteiger partial charge in [-0.25, -0.2) is 0 Å². The summed E-state index contributed by atoms with van der Waals surface area (Å²) >= 11 is 2.97. The summed E-state index contributed by atoms with van der Waals surface area (Å²) in [5, 5.41) is 14.2. The molecule has 9 heteroatoms. The number of para-hydroxylation sites is 1. The number of Topliss-reactive ketones (excluding diaryl/α,β-unsaturated/α-hetero) is 1. The first-order chi connectivity index (χ1) is 16.5. The molecule has 0 radical (unpaired) electrons. The standard InChI is InChI=1S/C25H25N5O2S2/c1-13(31)21-17-7-5-9-20(17)34-24(21)27-23(32)14(2)33-25-29-28-22(30(25)15-10-11-15)18-12-26-19-8-4-3-6-16(18)19/h3-4,6,8,12,14-15,26H,5,7,9-11H2,1-2H3,(H,27,32). The van der Waals surface area contributed by atoms with E-state index < -0.39 is 0 Å². The summed E-state index contributed by atoms with van der Waals surface area (Å²) < 4.78 is 2.19. The number of aromatic nitrogens is 4. The predicted octanol–water partition coefficient (Wildman–Crippen LogP) is 5.63. The number of ketones is 1. The number of carbonyl (C=O) groups excluding carboxylic acids is 2. The fraction of sp³-hybridized carbons (Fsp3) is 0.360. The monoisotopic (exact) mass is 491 g/mol. The number of anilines is 1. The number of aryl methyl sites for hydroxylation is 1. The Balaban J connectivity index is 1.26. The lowest BCUT2D eigenvalue weighted by atomic mass is 10.1.